The van der Waals surface area contributed by atoms with Crippen LogP contribution in [-0.4, -0.2) is 48.0 Å². The first-order chi connectivity index (χ1) is 14.5. The number of hydrogen-bond donors (Lipinski definition) is 2. The summed E-state index contributed by atoms with van der Waals surface area (Å²) < 4.78 is 10.2. The number of rotatable bonds is 7. The van der Waals surface area contributed by atoms with E-state index >= 15 is 0 Å². The first-order valence-electron chi connectivity index (χ1n) is 9.05. The lowest BCUT2D eigenvalue weighted by Crippen LogP contribution is -2.35. The van der Waals surface area contributed by atoms with E-state index in [-0.39, 0.29) is 12.1 Å². The monoisotopic (exact) mass is 408 g/mol. The Morgan fingerprint density at radius 1 is 0.967 bits per heavy atom. The minimum Gasteiger partial charge on any atom is -0.495 e. The zero-order valence-electron chi connectivity index (χ0n) is 16.5. The van der Waals surface area contributed by atoms with Crippen LogP contribution in [0.4, 0.5) is 5.69 Å². The summed E-state index contributed by atoms with van der Waals surface area (Å²) in [5.74, 6) is -1.21. The van der Waals surface area contributed by atoms with Crippen molar-refractivity contribution in [2.24, 2.45) is 0 Å². The van der Waals surface area contributed by atoms with Crippen LogP contribution in [0.1, 0.15) is 15.9 Å². The number of aromatic nitrogens is 2. The molecule has 2 amide bonds. The first kappa shape index (κ1) is 20.7. The van der Waals surface area contributed by atoms with Crippen molar-refractivity contribution in [3.8, 4) is 5.75 Å². The second-order valence-corrected chi connectivity index (χ2v) is 6.36. The van der Waals surface area contributed by atoms with E-state index in [9.17, 15) is 14.4 Å². The lowest BCUT2D eigenvalue weighted by atomic mass is 10.2. The molecular formula is C21H20N4O5. The molecule has 0 bridgehead atoms. The number of anilines is 1. The highest BCUT2D eigenvalue weighted by atomic mass is 16.5. The van der Waals surface area contributed by atoms with Crippen molar-refractivity contribution in [1.29, 1.82) is 0 Å². The van der Waals surface area contributed by atoms with Gasteiger partial charge in [0, 0.05) is 12.4 Å². The van der Waals surface area contributed by atoms with E-state index in [0.717, 1.165) is 5.56 Å². The molecule has 0 radical (unpaired) electrons. The van der Waals surface area contributed by atoms with Gasteiger partial charge in [0.25, 0.3) is 5.91 Å². The maximum Gasteiger partial charge on any atom is 0.338 e. The average Bonchev–Trinajstić information content (AvgIpc) is 2.76. The van der Waals surface area contributed by atoms with Crippen molar-refractivity contribution in [3.05, 3.63) is 59.9 Å². The number of carbonyl (C=O) groups excluding carboxylic acids is 3. The van der Waals surface area contributed by atoms with E-state index < -0.39 is 24.4 Å². The Morgan fingerprint density at radius 3 is 2.50 bits per heavy atom. The minimum atomic E-state index is -0.674. The standard InChI is InChI=1S/C21H20N4O5/c1-13-3-6-18(29-2)17(9-13)25-19(26)11-24-20(27)12-30-21(28)14-4-5-15-16(10-14)23-8-7-22-15/h3-10H,11-12H2,1-2H3,(H,24,27)(H,25,26). The molecule has 2 aromatic carbocycles. The quantitative estimate of drug-likeness (QED) is 0.573. The van der Waals surface area contributed by atoms with Crippen molar-refractivity contribution in [2.75, 3.05) is 25.6 Å². The van der Waals surface area contributed by atoms with Gasteiger partial charge in [0.1, 0.15) is 5.75 Å². The summed E-state index contributed by atoms with van der Waals surface area (Å²) in [5, 5.41) is 5.07. The van der Waals surface area contributed by atoms with Crippen LogP contribution in [-0.2, 0) is 14.3 Å². The SMILES string of the molecule is COc1ccc(C)cc1NC(=O)CNC(=O)COC(=O)c1ccc2nccnc2c1. The Balaban J connectivity index is 1.47. The van der Waals surface area contributed by atoms with Crippen LogP contribution >= 0.6 is 0 Å². The maximum absolute atomic E-state index is 12.1. The molecule has 3 rings (SSSR count). The predicted octanol–water partition coefficient (Wildman–Crippen LogP) is 1.86. The number of amides is 2. The van der Waals surface area contributed by atoms with Crippen LogP contribution in [0.3, 0.4) is 0 Å². The Labute approximate surface area is 172 Å². The largest absolute Gasteiger partial charge is 0.495 e. The Hall–Kier alpha value is -4.01. The number of carbonyl (C=O) groups is 3. The number of ether oxygens (including phenoxy) is 2. The van der Waals surface area contributed by atoms with Gasteiger partial charge in [-0.15, -0.1) is 0 Å². The summed E-state index contributed by atoms with van der Waals surface area (Å²) in [5.41, 5.74) is 2.88. The van der Waals surface area contributed by atoms with Crippen LogP contribution in [0.15, 0.2) is 48.8 Å². The fourth-order valence-electron chi connectivity index (χ4n) is 2.65. The van der Waals surface area contributed by atoms with Gasteiger partial charge in [0.05, 0.1) is 35.9 Å². The molecule has 0 spiro atoms. The summed E-state index contributed by atoms with van der Waals surface area (Å²) >= 11 is 0. The van der Waals surface area contributed by atoms with Crippen LogP contribution in [0.5, 0.6) is 5.75 Å². The van der Waals surface area contributed by atoms with Crippen LogP contribution in [0, 0.1) is 6.92 Å². The molecule has 0 aliphatic rings. The van der Waals surface area contributed by atoms with Gasteiger partial charge in [-0.1, -0.05) is 6.07 Å². The fraction of sp³-hybridized carbons (Fsp3) is 0.190. The fourth-order valence-corrected chi connectivity index (χ4v) is 2.65. The summed E-state index contributed by atoms with van der Waals surface area (Å²) in [6.45, 7) is 1.09. The van der Waals surface area contributed by atoms with Gasteiger partial charge in [0.2, 0.25) is 5.91 Å². The third kappa shape index (κ3) is 5.28. The zero-order chi connectivity index (χ0) is 21.5. The number of aryl methyl sites for hydroxylation is 1. The molecule has 2 N–H and O–H groups in total. The van der Waals surface area contributed by atoms with Gasteiger partial charge in [-0.25, -0.2) is 4.79 Å². The van der Waals surface area contributed by atoms with E-state index in [1.807, 2.05) is 13.0 Å². The van der Waals surface area contributed by atoms with Gasteiger partial charge in [-0.2, -0.15) is 0 Å². The van der Waals surface area contributed by atoms with Crippen molar-refractivity contribution in [3.63, 3.8) is 0 Å². The number of fused-ring (bicyclic) bond motifs is 1. The highest BCUT2D eigenvalue weighted by Crippen LogP contribution is 2.24. The summed E-state index contributed by atoms with van der Waals surface area (Å²) in [6.07, 6.45) is 3.07. The Kier molecular flexibility index (Phi) is 6.53. The minimum absolute atomic E-state index is 0.250. The second kappa shape index (κ2) is 9.46. The lowest BCUT2D eigenvalue weighted by Gasteiger charge is -2.11. The molecule has 3 aromatic rings. The molecule has 0 aliphatic heterocycles. The molecule has 0 fully saturated rings. The van der Waals surface area contributed by atoms with E-state index in [1.54, 1.807) is 30.5 Å². The number of benzene rings is 2. The summed E-state index contributed by atoms with van der Waals surface area (Å²) in [4.78, 5) is 44.4. The molecule has 0 unspecified atom stereocenters. The Bertz CT molecular complexity index is 1100. The Morgan fingerprint density at radius 2 is 1.73 bits per heavy atom. The van der Waals surface area contributed by atoms with Gasteiger partial charge < -0.3 is 20.1 Å². The second-order valence-electron chi connectivity index (χ2n) is 6.36. The lowest BCUT2D eigenvalue weighted by molar-refractivity contribution is -0.126. The third-order valence-corrected chi connectivity index (χ3v) is 4.11. The average molecular weight is 408 g/mol. The predicted molar refractivity (Wildman–Crippen MR) is 109 cm³/mol. The van der Waals surface area contributed by atoms with Gasteiger partial charge in [-0.3, -0.25) is 19.6 Å². The highest BCUT2D eigenvalue weighted by Gasteiger charge is 2.13. The molecule has 9 heteroatoms. The van der Waals surface area contributed by atoms with Crippen LogP contribution in [0.2, 0.25) is 0 Å². The maximum atomic E-state index is 12.1. The molecule has 0 saturated carbocycles. The smallest absolute Gasteiger partial charge is 0.338 e. The van der Waals surface area contributed by atoms with Gasteiger partial charge >= 0.3 is 5.97 Å². The molecule has 0 saturated heterocycles. The number of methoxy groups -OCH3 is 1. The van der Waals surface area contributed by atoms with E-state index in [4.69, 9.17) is 9.47 Å². The molecule has 1 aromatic heterocycles. The molecule has 1 heterocycles. The molecule has 0 atom stereocenters. The van der Waals surface area contributed by atoms with E-state index in [2.05, 4.69) is 20.6 Å². The molecule has 154 valence electrons. The normalized spacial score (nSPS) is 10.3. The van der Waals surface area contributed by atoms with E-state index in [1.165, 1.54) is 19.4 Å². The van der Waals surface area contributed by atoms with Crippen LogP contribution < -0.4 is 15.4 Å². The topological polar surface area (TPSA) is 120 Å². The summed E-state index contributed by atoms with van der Waals surface area (Å²) in [6, 6.07) is 10.1. The van der Waals surface area contributed by atoms with E-state index in [0.29, 0.717) is 22.5 Å². The van der Waals surface area contributed by atoms with Crippen molar-refractivity contribution in [2.45, 2.75) is 6.92 Å². The summed E-state index contributed by atoms with van der Waals surface area (Å²) in [7, 11) is 1.50. The van der Waals surface area contributed by atoms with Gasteiger partial charge in [0.15, 0.2) is 6.61 Å². The molecule has 30 heavy (non-hydrogen) atoms. The van der Waals surface area contributed by atoms with Gasteiger partial charge in [-0.05, 0) is 42.8 Å². The number of nitrogens with zero attached hydrogens (tertiary/aromatic N) is 2. The highest BCUT2D eigenvalue weighted by molar-refractivity contribution is 5.97. The van der Waals surface area contributed by atoms with Crippen LogP contribution in [0.25, 0.3) is 11.0 Å². The van der Waals surface area contributed by atoms with Crippen molar-refractivity contribution >= 4 is 34.5 Å². The number of nitrogens with one attached hydrogen (secondary N) is 2. The number of esters is 1. The van der Waals surface area contributed by atoms with Crippen molar-refractivity contribution < 1.29 is 23.9 Å². The first-order valence-corrected chi connectivity index (χ1v) is 9.05. The molecule has 0 aliphatic carbocycles. The third-order valence-electron chi connectivity index (χ3n) is 4.11. The molecular weight excluding hydrogens is 388 g/mol. The zero-order valence-corrected chi connectivity index (χ0v) is 16.5. The molecule has 9 nitrogen and oxygen atoms in total. The van der Waals surface area contributed by atoms with Crippen molar-refractivity contribution in [1.82, 2.24) is 15.3 Å². The number of hydrogen-bond acceptors (Lipinski definition) is 7.